The molecule has 2 nitrogen and oxygen atoms in total. The van der Waals surface area contributed by atoms with Crippen molar-refractivity contribution in [1.29, 1.82) is 0 Å². The minimum Gasteiger partial charge on any atom is -0.292 e. The first-order valence-corrected chi connectivity index (χ1v) is 7.94. The number of Topliss-reactive ketones (excluding diaryl/α,β-unsaturated/α-hetero) is 1. The number of aromatic nitrogens is 1. The maximum absolute atomic E-state index is 13.0. The molecule has 0 spiro atoms. The first-order valence-electron chi connectivity index (χ1n) is 7.94. The van der Waals surface area contributed by atoms with Crippen LogP contribution in [0.3, 0.4) is 0 Å². The zero-order chi connectivity index (χ0) is 15.1. The molecule has 2 aliphatic carbocycles. The van der Waals surface area contributed by atoms with Crippen LogP contribution in [0.1, 0.15) is 34.0 Å². The Morgan fingerprint density at radius 2 is 1.82 bits per heavy atom. The summed E-state index contributed by atoms with van der Waals surface area (Å²) in [6, 6.07) is 14.3. The number of aryl methyl sites for hydroxylation is 1. The Hall–Kier alpha value is -2.22. The largest absolute Gasteiger partial charge is 0.292 e. The standard InChI is InChI=1S/C20H19NO/c1-13-5-7-14(8-6-13)18-15-9-10-16(12-15)19(18)20(22)17-4-2-3-11-21-17/h2-11,15-16,18-19H,12H2,1H3/t15-,16+,18-,19-/m0/s1. The molecule has 0 amide bonds. The minimum atomic E-state index is 0.0348. The molecule has 0 unspecified atom stereocenters. The molecule has 0 N–H and O–H groups in total. The summed E-state index contributed by atoms with van der Waals surface area (Å²) in [5.41, 5.74) is 3.15. The van der Waals surface area contributed by atoms with Gasteiger partial charge in [0.1, 0.15) is 5.69 Å². The number of carbonyl (C=O) groups is 1. The number of carbonyl (C=O) groups excluding carboxylic acids is 1. The molecule has 1 aromatic carbocycles. The van der Waals surface area contributed by atoms with Crippen molar-refractivity contribution in [3.63, 3.8) is 0 Å². The summed E-state index contributed by atoms with van der Waals surface area (Å²) in [5.74, 6) is 1.39. The van der Waals surface area contributed by atoms with Gasteiger partial charge in [-0.05, 0) is 42.9 Å². The third-order valence-corrected chi connectivity index (χ3v) is 5.14. The van der Waals surface area contributed by atoms with E-state index < -0.39 is 0 Å². The molecule has 2 heteroatoms. The van der Waals surface area contributed by atoms with Crippen LogP contribution in [0.5, 0.6) is 0 Å². The Labute approximate surface area is 130 Å². The number of benzene rings is 1. The number of allylic oxidation sites excluding steroid dienone is 2. The van der Waals surface area contributed by atoms with Gasteiger partial charge in [0.25, 0.3) is 0 Å². The second kappa shape index (κ2) is 5.20. The van der Waals surface area contributed by atoms with Crippen molar-refractivity contribution in [1.82, 2.24) is 4.98 Å². The molecule has 0 radical (unpaired) electrons. The molecule has 2 aromatic rings. The molecule has 0 aliphatic heterocycles. The summed E-state index contributed by atoms with van der Waals surface area (Å²) >= 11 is 0. The van der Waals surface area contributed by atoms with E-state index in [1.807, 2.05) is 18.2 Å². The number of hydrogen-bond donors (Lipinski definition) is 0. The fourth-order valence-electron chi connectivity index (χ4n) is 4.10. The van der Waals surface area contributed by atoms with Crippen molar-refractivity contribution in [2.75, 3.05) is 0 Å². The quantitative estimate of drug-likeness (QED) is 0.627. The van der Waals surface area contributed by atoms with Gasteiger partial charge in [0.15, 0.2) is 5.78 Å². The van der Waals surface area contributed by atoms with Crippen molar-refractivity contribution in [2.24, 2.45) is 17.8 Å². The van der Waals surface area contributed by atoms with E-state index in [1.165, 1.54) is 11.1 Å². The molecule has 1 fully saturated rings. The van der Waals surface area contributed by atoms with Gasteiger partial charge in [0.2, 0.25) is 0 Å². The Morgan fingerprint density at radius 3 is 2.55 bits per heavy atom. The third kappa shape index (κ3) is 2.10. The number of pyridine rings is 1. The first kappa shape index (κ1) is 13.4. The van der Waals surface area contributed by atoms with Crippen LogP contribution in [-0.4, -0.2) is 10.8 Å². The van der Waals surface area contributed by atoms with E-state index in [-0.39, 0.29) is 11.7 Å². The van der Waals surface area contributed by atoms with Crippen LogP contribution in [0.4, 0.5) is 0 Å². The van der Waals surface area contributed by atoms with Gasteiger partial charge in [-0.3, -0.25) is 9.78 Å². The highest BCUT2D eigenvalue weighted by atomic mass is 16.1. The summed E-state index contributed by atoms with van der Waals surface area (Å²) in [6.45, 7) is 2.10. The van der Waals surface area contributed by atoms with Gasteiger partial charge >= 0.3 is 0 Å². The number of rotatable bonds is 3. The topological polar surface area (TPSA) is 30.0 Å². The van der Waals surface area contributed by atoms with Crippen LogP contribution >= 0.6 is 0 Å². The van der Waals surface area contributed by atoms with E-state index in [4.69, 9.17) is 0 Å². The molecule has 4 atom stereocenters. The Balaban J connectivity index is 1.72. The van der Waals surface area contributed by atoms with E-state index in [0.29, 0.717) is 23.4 Å². The highest BCUT2D eigenvalue weighted by Crippen LogP contribution is 2.53. The van der Waals surface area contributed by atoms with Gasteiger partial charge < -0.3 is 0 Å². The lowest BCUT2D eigenvalue weighted by molar-refractivity contribution is 0.0881. The lowest BCUT2D eigenvalue weighted by Crippen LogP contribution is -2.27. The van der Waals surface area contributed by atoms with Gasteiger partial charge in [0.05, 0.1) is 0 Å². The molecule has 22 heavy (non-hydrogen) atoms. The van der Waals surface area contributed by atoms with E-state index in [1.54, 1.807) is 6.20 Å². The summed E-state index contributed by atoms with van der Waals surface area (Å²) in [4.78, 5) is 17.3. The van der Waals surface area contributed by atoms with E-state index in [9.17, 15) is 4.79 Å². The molecule has 1 saturated carbocycles. The molecule has 0 saturated heterocycles. The molecular formula is C20H19NO. The first-order chi connectivity index (χ1) is 10.7. The molecule has 110 valence electrons. The number of ketones is 1. The van der Waals surface area contributed by atoms with Crippen molar-refractivity contribution in [3.05, 3.63) is 77.6 Å². The van der Waals surface area contributed by atoms with Gasteiger partial charge in [0, 0.05) is 18.0 Å². The summed E-state index contributed by atoms with van der Waals surface area (Å²) in [7, 11) is 0. The maximum atomic E-state index is 13.0. The molecule has 1 aromatic heterocycles. The van der Waals surface area contributed by atoms with Crippen LogP contribution in [0.15, 0.2) is 60.8 Å². The second-order valence-corrected chi connectivity index (χ2v) is 6.49. The molecule has 2 aliphatic rings. The lowest BCUT2D eigenvalue weighted by Gasteiger charge is -2.27. The molecule has 4 rings (SSSR count). The fourth-order valence-corrected chi connectivity index (χ4v) is 4.10. The number of nitrogens with zero attached hydrogens (tertiary/aromatic N) is 1. The normalized spacial score (nSPS) is 29.0. The zero-order valence-electron chi connectivity index (χ0n) is 12.6. The van der Waals surface area contributed by atoms with Gasteiger partial charge in [-0.2, -0.15) is 0 Å². The third-order valence-electron chi connectivity index (χ3n) is 5.14. The van der Waals surface area contributed by atoms with Crippen LogP contribution in [0, 0.1) is 24.7 Å². The van der Waals surface area contributed by atoms with Gasteiger partial charge in [-0.15, -0.1) is 0 Å². The molecule has 2 bridgehead atoms. The summed E-state index contributed by atoms with van der Waals surface area (Å²) < 4.78 is 0. The highest BCUT2D eigenvalue weighted by Gasteiger charge is 2.48. The van der Waals surface area contributed by atoms with E-state index >= 15 is 0 Å². The average Bonchev–Trinajstić information content (AvgIpc) is 3.17. The van der Waals surface area contributed by atoms with E-state index in [2.05, 4.69) is 48.3 Å². The Bertz CT molecular complexity index is 717. The average molecular weight is 289 g/mol. The Morgan fingerprint density at radius 1 is 1.05 bits per heavy atom. The Kier molecular flexibility index (Phi) is 3.18. The molecular weight excluding hydrogens is 270 g/mol. The minimum absolute atomic E-state index is 0.0348. The second-order valence-electron chi connectivity index (χ2n) is 6.49. The van der Waals surface area contributed by atoms with Crippen LogP contribution in [0.2, 0.25) is 0 Å². The maximum Gasteiger partial charge on any atom is 0.185 e. The van der Waals surface area contributed by atoms with Crippen molar-refractivity contribution in [2.45, 2.75) is 19.3 Å². The number of fused-ring (bicyclic) bond motifs is 2. The zero-order valence-corrected chi connectivity index (χ0v) is 12.6. The fraction of sp³-hybridized carbons (Fsp3) is 0.300. The predicted molar refractivity (Wildman–Crippen MR) is 86.7 cm³/mol. The van der Waals surface area contributed by atoms with Crippen molar-refractivity contribution in [3.8, 4) is 0 Å². The van der Waals surface area contributed by atoms with Crippen LogP contribution in [0.25, 0.3) is 0 Å². The lowest BCUT2D eigenvalue weighted by atomic mass is 9.75. The monoisotopic (exact) mass is 289 g/mol. The predicted octanol–water partition coefficient (Wildman–Crippen LogP) is 4.18. The van der Waals surface area contributed by atoms with Crippen molar-refractivity contribution < 1.29 is 4.79 Å². The number of hydrogen-bond acceptors (Lipinski definition) is 2. The smallest absolute Gasteiger partial charge is 0.185 e. The molecule has 1 heterocycles. The highest BCUT2D eigenvalue weighted by molar-refractivity contribution is 5.97. The van der Waals surface area contributed by atoms with Gasteiger partial charge in [-0.1, -0.05) is 48.0 Å². The van der Waals surface area contributed by atoms with Crippen molar-refractivity contribution >= 4 is 5.78 Å². The van der Waals surface area contributed by atoms with Crippen LogP contribution in [-0.2, 0) is 0 Å². The SMILES string of the molecule is Cc1ccc([C@@H]2[C@@H](C(=O)c3ccccn3)[C@@H]3C=C[C@H]2C3)cc1. The van der Waals surface area contributed by atoms with Gasteiger partial charge in [-0.25, -0.2) is 0 Å². The summed E-state index contributed by atoms with van der Waals surface area (Å²) in [6.07, 6.45) is 7.34. The summed E-state index contributed by atoms with van der Waals surface area (Å²) in [5, 5.41) is 0. The van der Waals surface area contributed by atoms with E-state index in [0.717, 1.165) is 6.42 Å². The van der Waals surface area contributed by atoms with Crippen LogP contribution < -0.4 is 0 Å².